The van der Waals surface area contributed by atoms with Crippen molar-refractivity contribution in [1.82, 2.24) is 14.8 Å². The van der Waals surface area contributed by atoms with E-state index in [2.05, 4.69) is 14.8 Å². The molecule has 4 saturated heterocycles. The first-order chi connectivity index (χ1) is 17.6. The first kappa shape index (κ1) is 23.9. The molecule has 1 saturated carbocycles. The van der Waals surface area contributed by atoms with Crippen molar-refractivity contribution >= 4 is 23.6 Å². The highest BCUT2D eigenvalue weighted by atomic mass is 16.5. The van der Waals surface area contributed by atoms with Crippen LogP contribution in [0.5, 0.6) is 0 Å². The smallest absolute Gasteiger partial charge is 0.309 e. The number of esters is 1. The second kappa shape index (κ2) is 10.1. The number of aromatic nitrogens is 1. The van der Waals surface area contributed by atoms with Crippen LogP contribution in [-0.4, -0.2) is 90.1 Å². The maximum Gasteiger partial charge on any atom is 0.309 e. The van der Waals surface area contributed by atoms with Gasteiger partial charge in [0.15, 0.2) is 0 Å². The number of hydrogen-bond acceptors (Lipinski definition) is 8. The summed E-state index contributed by atoms with van der Waals surface area (Å²) in [5.74, 6) is -0.271. The zero-order chi connectivity index (χ0) is 24.6. The number of carbonyl (C=O) groups is 3. The first-order valence-electron chi connectivity index (χ1n) is 13.7. The van der Waals surface area contributed by atoms with E-state index in [0.717, 1.165) is 76.9 Å². The number of amides is 2. The lowest BCUT2D eigenvalue weighted by Crippen LogP contribution is -2.52. The first-order valence-corrected chi connectivity index (χ1v) is 13.7. The minimum atomic E-state index is -0.522. The molecule has 0 radical (unpaired) electrons. The molecule has 5 fully saturated rings. The normalized spacial score (nSPS) is 31.7. The van der Waals surface area contributed by atoms with Crippen molar-refractivity contribution in [2.24, 2.45) is 17.8 Å². The van der Waals surface area contributed by atoms with Gasteiger partial charge in [0.25, 0.3) is 0 Å². The number of anilines is 1. The number of nitrogens with zero attached hydrogens (tertiary/aromatic N) is 4. The van der Waals surface area contributed by atoms with Crippen molar-refractivity contribution in [1.29, 1.82) is 0 Å². The zero-order valence-corrected chi connectivity index (χ0v) is 20.8. The molecule has 1 aliphatic carbocycles. The number of piperazine rings is 1. The van der Waals surface area contributed by atoms with Gasteiger partial charge in [0.05, 0.1) is 36.5 Å². The Morgan fingerprint density at radius 1 is 0.944 bits per heavy atom. The number of carbonyl (C=O) groups excluding carboxylic acids is 3. The van der Waals surface area contributed by atoms with Crippen LogP contribution in [-0.2, 0) is 23.9 Å². The third-order valence-electron chi connectivity index (χ3n) is 8.79. The lowest BCUT2D eigenvalue weighted by Gasteiger charge is -2.37. The summed E-state index contributed by atoms with van der Waals surface area (Å²) >= 11 is 0. The van der Waals surface area contributed by atoms with Gasteiger partial charge in [0.1, 0.15) is 11.9 Å². The highest BCUT2D eigenvalue weighted by Crippen LogP contribution is 2.48. The van der Waals surface area contributed by atoms with Gasteiger partial charge in [0, 0.05) is 38.9 Å². The Balaban J connectivity index is 1.12. The third kappa shape index (κ3) is 4.52. The van der Waals surface area contributed by atoms with Crippen molar-refractivity contribution in [3.8, 4) is 0 Å². The van der Waals surface area contributed by atoms with Crippen LogP contribution in [0.4, 0.5) is 5.82 Å². The van der Waals surface area contributed by atoms with E-state index < -0.39 is 6.10 Å². The van der Waals surface area contributed by atoms with E-state index in [-0.39, 0.29) is 54.3 Å². The lowest BCUT2D eigenvalue weighted by molar-refractivity contribution is -0.161. The molecule has 1 aromatic rings. The maximum absolute atomic E-state index is 13.3. The molecule has 3 unspecified atom stereocenters. The molecule has 0 N–H and O–H groups in total. The number of fused-ring (bicyclic) bond motifs is 5. The SMILES string of the molecule is O=C(OC(CN1CCN(c2ccccn2)CC1)CN1C(=O)C2C3CC[C@@H](O3)[C@@H]2C1=O)C1CCCCC1. The molecule has 2 bridgehead atoms. The largest absolute Gasteiger partial charge is 0.459 e. The highest BCUT2D eigenvalue weighted by Gasteiger charge is 2.62. The Labute approximate surface area is 212 Å². The number of rotatable bonds is 7. The van der Waals surface area contributed by atoms with Crippen LogP contribution in [0.2, 0.25) is 0 Å². The summed E-state index contributed by atoms with van der Waals surface area (Å²) in [5, 5.41) is 0. The average Bonchev–Trinajstić information content (AvgIpc) is 3.60. The zero-order valence-electron chi connectivity index (χ0n) is 20.8. The molecule has 194 valence electrons. The van der Waals surface area contributed by atoms with Gasteiger partial charge >= 0.3 is 5.97 Å². The summed E-state index contributed by atoms with van der Waals surface area (Å²) in [6.07, 6.45) is 7.70. The number of ether oxygens (including phenoxy) is 2. The van der Waals surface area contributed by atoms with Gasteiger partial charge in [-0.15, -0.1) is 0 Å². The predicted octanol–water partition coefficient (Wildman–Crippen LogP) is 1.86. The summed E-state index contributed by atoms with van der Waals surface area (Å²) in [6.45, 7) is 3.92. The summed E-state index contributed by atoms with van der Waals surface area (Å²) in [6, 6.07) is 5.92. The van der Waals surface area contributed by atoms with Gasteiger partial charge in [-0.3, -0.25) is 24.2 Å². The van der Waals surface area contributed by atoms with Crippen molar-refractivity contribution in [3.05, 3.63) is 24.4 Å². The standard InChI is InChI=1S/C27H36N4O5/c32-25-23-20-9-10-21(36-20)24(23)26(33)31(25)17-19(35-27(34)18-6-2-1-3-7-18)16-29-12-14-30(15-13-29)22-8-4-5-11-28-22/h4-5,8,11,18-21,23-24H,1-3,6-7,9-10,12-17H2/t19?,20-,21?,23+,24?/m1/s1. The number of imide groups is 1. The molecule has 9 nitrogen and oxygen atoms in total. The fourth-order valence-corrected chi connectivity index (χ4v) is 6.88. The topological polar surface area (TPSA) is 92.3 Å². The molecule has 4 aliphatic heterocycles. The summed E-state index contributed by atoms with van der Waals surface area (Å²) < 4.78 is 11.9. The summed E-state index contributed by atoms with van der Waals surface area (Å²) in [7, 11) is 0. The minimum Gasteiger partial charge on any atom is -0.459 e. The van der Waals surface area contributed by atoms with Gasteiger partial charge in [-0.2, -0.15) is 0 Å². The van der Waals surface area contributed by atoms with E-state index in [1.165, 1.54) is 4.90 Å². The van der Waals surface area contributed by atoms with Crippen molar-refractivity contribution in [2.45, 2.75) is 63.3 Å². The maximum atomic E-state index is 13.3. The number of likely N-dealkylation sites (tertiary alicyclic amines) is 1. The van der Waals surface area contributed by atoms with E-state index in [1.807, 2.05) is 18.2 Å². The van der Waals surface area contributed by atoms with Gasteiger partial charge in [-0.1, -0.05) is 25.3 Å². The number of pyridine rings is 1. The van der Waals surface area contributed by atoms with Crippen molar-refractivity contribution in [2.75, 3.05) is 44.2 Å². The summed E-state index contributed by atoms with van der Waals surface area (Å²) in [4.78, 5) is 50.0. The summed E-state index contributed by atoms with van der Waals surface area (Å²) in [5.41, 5.74) is 0. The van der Waals surface area contributed by atoms with Crippen LogP contribution in [0.25, 0.3) is 0 Å². The molecule has 6 rings (SSSR count). The molecular formula is C27H36N4O5. The molecule has 0 spiro atoms. The average molecular weight is 497 g/mol. The van der Waals surface area contributed by atoms with Gasteiger partial charge in [-0.05, 0) is 37.8 Å². The Hall–Kier alpha value is -2.52. The second-order valence-electron chi connectivity index (χ2n) is 11.0. The van der Waals surface area contributed by atoms with Crippen LogP contribution in [0.1, 0.15) is 44.9 Å². The van der Waals surface area contributed by atoms with Gasteiger partial charge in [0.2, 0.25) is 11.8 Å². The van der Waals surface area contributed by atoms with Gasteiger partial charge < -0.3 is 14.4 Å². The lowest BCUT2D eigenvalue weighted by atomic mass is 9.81. The van der Waals surface area contributed by atoms with E-state index >= 15 is 0 Å². The third-order valence-corrected chi connectivity index (χ3v) is 8.79. The van der Waals surface area contributed by atoms with E-state index in [4.69, 9.17) is 9.47 Å². The molecule has 36 heavy (non-hydrogen) atoms. The Morgan fingerprint density at radius 2 is 1.64 bits per heavy atom. The fraction of sp³-hybridized carbons (Fsp3) is 0.704. The molecule has 5 heterocycles. The predicted molar refractivity (Wildman–Crippen MR) is 131 cm³/mol. The molecule has 1 aromatic heterocycles. The van der Waals surface area contributed by atoms with Gasteiger partial charge in [-0.25, -0.2) is 4.98 Å². The van der Waals surface area contributed by atoms with Crippen molar-refractivity contribution in [3.63, 3.8) is 0 Å². The Bertz CT molecular complexity index is 948. The Kier molecular flexibility index (Phi) is 6.69. The molecular weight excluding hydrogens is 460 g/mol. The fourth-order valence-electron chi connectivity index (χ4n) is 6.88. The quantitative estimate of drug-likeness (QED) is 0.417. The second-order valence-corrected chi connectivity index (χ2v) is 11.0. The molecule has 0 aromatic carbocycles. The van der Waals surface area contributed by atoms with Crippen LogP contribution in [0, 0.1) is 17.8 Å². The molecule has 2 amide bonds. The monoisotopic (exact) mass is 496 g/mol. The van der Waals surface area contributed by atoms with Crippen LogP contribution in [0.15, 0.2) is 24.4 Å². The number of hydrogen-bond donors (Lipinski definition) is 0. The van der Waals surface area contributed by atoms with Crippen LogP contribution in [0.3, 0.4) is 0 Å². The highest BCUT2D eigenvalue weighted by molar-refractivity contribution is 6.06. The van der Waals surface area contributed by atoms with Crippen LogP contribution >= 0.6 is 0 Å². The van der Waals surface area contributed by atoms with E-state index in [1.54, 1.807) is 6.20 Å². The van der Waals surface area contributed by atoms with E-state index in [0.29, 0.717) is 6.54 Å². The molecule has 5 aliphatic rings. The van der Waals surface area contributed by atoms with Crippen LogP contribution < -0.4 is 4.90 Å². The molecule has 5 atom stereocenters. The van der Waals surface area contributed by atoms with E-state index in [9.17, 15) is 14.4 Å². The van der Waals surface area contributed by atoms with Crippen molar-refractivity contribution < 1.29 is 23.9 Å². The molecule has 9 heteroatoms. The Morgan fingerprint density at radius 3 is 2.28 bits per heavy atom. The minimum absolute atomic E-state index is 0.0733.